The number of hydrogen-bond donors (Lipinski definition) is 1. The van der Waals surface area contributed by atoms with Gasteiger partial charge in [-0.05, 0) is 25.1 Å². The van der Waals surface area contributed by atoms with Crippen LogP contribution in [0.15, 0.2) is 30.7 Å². The van der Waals surface area contributed by atoms with Gasteiger partial charge in [-0.2, -0.15) is 5.10 Å². The molecule has 0 fully saturated rings. The van der Waals surface area contributed by atoms with Gasteiger partial charge in [0, 0.05) is 43.2 Å². The molecule has 1 N–H and O–H groups in total. The number of nitrogens with one attached hydrogen (secondary N) is 1. The highest BCUT2D eigenvalue weighted by Gasteiger charge is 2.12. The van der Waals surface area contributed by atoms with Crippen molar-refractivity contribution in [2.24, 2.45) is 7.05 Å². The van der Waals surface area contributed by atoms with Crippen LogP contribution in [-0.2, 0) is 19.9 Å². The average Bonchev–Trinajstić information content (AvgIpc) is 2.83. The predicted molar refractivity (Wildman–Crippen MR) is 72.3 cm³/mol. The molecule has 1 atom stereocenters. The molecule has 0 radical (unpaired) electrons. The van der Waals surface area contributed by atoms with Gasteiger partial charge < -0.3 is 5.32 Å². The summed E-state index contributed by atoms with van der Waals surface area (Å²) in [6.07, 6.45) is 7.83. The summed E-state index contributed by atoms with van der Waals surface area (Å²) in [5.41, 5.74) is 3.58. The molecule has 0 amide bonds. The maximum Gasteiger partial charge on any atom is 0.0537 e. The number of aromatic nitrogens is 3. The Kier molecular flexibility index (Phi) is 4.10. The van der Waals surface area contributed by atoms with Gasteiger partial charge in [-0.3, -0.25) is 9.67 Å². The molecule has 0 aliphatic carbocycles. The molecule has 0 aliphatic heterocycles. The van der Waals surface area contributed by atoms with Crippen molar-refractivity contribution in [3.8, 4) is 0 Å². The lowest BCUT2D eigenvalue weighted by atomic mass is 10.0. The van der Waals surface area contributed by atoms with Crippen molar-refractivity contribution < 1.29 is 0 Å². The van der Waals surface area contributed by atoms with E-state index in [0.29, 0.717) is 0 Å². The summed E-state index contributed by atoms with van der Waals surface area (Å²) in [7, 11) is 3.91. The highest BCUT2D eigenvalue weighted by atomic mass is 15.2. The molecule has 1 unspecified atom stereocenters. The second-order valence-corrected chi connectivity index (χ2v) is 4.50. The third-order valence-electron chi connectivity index (χ3n) is 3.18. The zero-order chi connectivity index (χ0) is 13.0. The number of pyridine rings is 1. The maximum atomic E-state index is 4.50. The van der Waals surface area contributed by atoms with Crippen molar-refractivity contribution in [2.45, 2.75) is 25.8 Å². The van der Waals surface area contributed by atoms with E-state index in [2.05, 4.69) is 34.5 Å². The molecule has 2 aromatic rings. The fraction of sp³-hybridized carbons (Fsp3) is 0.429. The molecular formula is C14H20N4. The largest absolute Gasteiger partial charge is 0.313 e. The van der Waals surface area contributed by atoms with Gasteiger partial charge in [0.2, 0.25) is 0 Å². The van der Waals surface area contributed by atoms with E-state index >= 15 is 0 Å². The van der Waals surface area contributed by atoms with Crippen LogP contribution in [0, 0.1) is 0 Å². The minimum atomic E-state index is 0.263. The minimum absolute atomic E-state index is 0.263. The van der Waals surface area contributed by atoms with Crippen LogP contribution < -0.4 is 5.32 Å². The first kappa shape index (κ1) is 12.8. The normalized spacial score (nSPS) is 12.6. The Morgan fingerprint density at radius 2 is 2.17 bits per heavy atom. The summed E-state index contributed by atoms with van der Waals surface area (Å²) in [5, 5.41) is 7.53. The maximum absolute atomic E-state index is 4.50. The molecule has 96 valence electrons. The molecule has 18 heavy (non-hydrogen) atoms. The van der Waals surface area contributed by atoms with Crippen LogP contribution in [0.4, 0.5) is 0 Å². The molecule has 0 aliphatic rings. The summed E-state index contributed by atoms with van der Waals surface area (Å²) >= 11 is 0. The summed E-state index contributed by atoms with van der Waals surface area (Å²) < 4.78 is 1.83. The fourth-order valence-electron chi connectivity index (χ4n) is 2.00. The van der Waals surface area contributed by atoms with Crippen molar-refractivity contribution in [3.63, 3.8) is 0 Å². The van der Waals surface area contributed by atoms with Crippen LogP contribution in [0.3, 0.4) is 0 Å². The molecule has 0 spiro atoms. The second kappa shape index (κ2) is 5.78. The lowest BCUT2D eigenvalue weighted by Gasteiger charge is -2.14. The van der Waals surface area contributed by atoms with E-state index in [4.69, 9.17) is 0 Å². The molecule has 4 heteroatoms. The van der Waals surface area contributed by atoms with Gasteiger partial charge in [-0.15, -0.1) is 0 Å². The highest BCUT2D eigenvalue weighted by Crippen LogP contribution is 2.16. The van der Waals surface area contributed by atoms with Gasteiger partial charge in [0.15, 0.2) is 0 Å². The first-order chi connectivity index (χ1) is 8.72. The van der Waals surface area contributed by atoms with Gasteiger partial charge in [0.1, 0.15) is 0 Å². The first-order valence-corrected chi connectivity index (χ1v) is 6.32. The summed E-state index contributed by atoms with van der Waals surface area (Å²) in [5.74, 6) is 0. The van der Waals surface area contributed by atoms with E-state index in [9.17, 15) is 0 Å². The van der Waals surface area contributed by atoms with Crippen LogP contribution >= 0.6 is 0 Å². The quantitative estimate of drug-likeness (QED) is 0.873. The zero-order valence-electron chi connectivity index (χ0n) is 11.2. The number of likely N-dealkylation sites (N-methyl/N-ethyl adjacent to an activating group) is 1. The molecule has 0 bridgehead atoms. The van der Waals surface area contributed by atoms with E-state index in [1.54, 1.807) is 0 Å². The molecule has 2 aromatic heterocycles. The Labute approximate surface area is 108 Å². The van der Waals surface area contributed by atoms with E-state index in [1.807, 2.05) is 37.4 Å². The van der Waals surface area contributed by atoms with E-state index in [-0.39, 0.29) is 6.04 Å². The van der Waals surface area contributed by atoms with Gasteiger partial charge in [0.05, 0.1) is 6.20 Å². The second-order valence-electron chi connectivity index (χ2n) is 4.50. The van der Waals surface area contributed by atoms with Crippen LogP contribution in [0.5, 0.6) is 0 Å². The Balaban J connectivity index is 2.10. The van der Waals surface area contributed by atoms with E-state index in [0.717, 1.165) is 18.5 Å². The van der Waals surface area contributed by atoms with Gasteiger partial charge in [0.25, 0.3) is 0 Å². The minimum Gasteiger partial charge on any atom is -0.313 e. The van der Waals surface area contributed by atoms with Crippen LogP contribution in [0.25, 0.3) is 0 Å². The number of aryl methyl sites for hydroxylation is 2. The van der Waals surface area contributed by atoms with E-state index < -0.39 is 0 Å². The van der Waals surface area contributed by atoms with Crippen LogP contribution in [0.2, 0.25) is 0 Å². The van der Waals surface area contributed by atoms with E-state index in [1.165, 1.54) is 11.1 Å². The monoisotopic (exact) mass is 244 g/mol. The number of rotatable bonds is 5. The van der Waals surface area contributed by atoms with Gasteiger partial charge >= 0.3 is 0 Å². The zero-order valence-corrected chi connectivity index (χ0v) is 11.2. The fourth-order valence-corrected chi connectivity index (χ4v) is 2.00. The first-order valence-electron chi connectivity index (χ1n) is 6.32. The van der Waals surface area contributed by atoms with Crippen molar-refractivity contribution >= 4 is 0 Å². The molecular weight excluding hydrogens is 224 g/mol. The summed E-state index contributed by atoms with van der Waals surface area (Å²) in [6, 6.07) is 4.52. The predicted octanol–water partition coefficient (Wildman–Crippen LogP) is 1.88. The van der Waals surface area contributed by atoms with Crippen molar-refractivity contribution in [1.29, 1.82) is 0 Å². The van der Waals surface area contributed by atoms with Crippen LogP contribution in [0.1, 0.15) is 29.8 Å². The van der Waals surface area contributed by atoms with Gasteiger partial charge in [-0.1, -0.05) is 13.0 Å². The highest BCUT2D eigenvalue weighted by molar-refractivity contribution is 5.18. The smallest absolute Gasteiger partial charge is 0.0537 e. The van der Waals surface area contributed by atoms with Crippen LogP contribution in [-0.4, -0.2) is 21.8 Å². The molecule has 4 nitrogen and oxygen atoms in total. The lowest BCUT2D eigenvalue weighted by molar-refractivity contribution is 0.583. The Bertz CT molecular complexity index is 487. The Hall–Kier alpha value is -1.68. The molecule has 2 heterocycles. The average molecular weight is 244 g/mol. The number of nitrogens with zero attached hydrogens (tertiary/aromatic N) is 3. The van der Waals surface area contributed by atoms with Crippen molar-refractivity contribution in [2.75, 3.05) is 7.05 Å². The lowest BCUT2D eigenvalue weighted by Crippen LogP contribution is -2.18. The third-order valence-corrected chi connectivity index (χ3v) is 3.18. The third kappa shape index (κ3) is 2.96. The van der Waals surface area contributed by atoms with Crippen molar-refractivity contribution in [1.82, 2.24) is 20.1 Å². The topological polar surface area (TPSA) is 42.7 Å². The SMILES string of the molecule is CCc1ccc(CC(NC)c2cnn(C)c2)nc1. The molecule has 0 aromatic carbocycles. The molecule has 2 rings (SSSR count). The molecule has 0 saturated carbocycles. The summed E-state index contributed by atoms with van der Waals surface area (Å²) in [6.45, 7) is 2.14. The molecule has 0 saturated heterocycles. The van der Waals surface area contributed by atoms with Crippen molar-refractivity contribution in [3.05, 3.63) is 47.5 Å². The summed E-state index contributed by atoms with van der Waals surface area (Å²) in [4.78, 5) is 4.50. The Morgan fingerprint density at radius 3 is 2.67 bits per heavy atom. The Morgan fingerprint density at radius 1 is 1.33 bits per heavy atom. The standard InChI is InChI=1S/C14H20N4/c1-4-11-5-6-13(16-8-11)7-14(15-2)12-9-17-18(3)10-12/h5-6,8-10,14-15H,4,7H2,1-3H3. The van der Waals surface area contributed by atoms with Gasteiger partial charge in [-0.25, -0.2) is 0 Å². The number of hydrogen-bond acceptors (Lipinski definition) is 3.